The summed E-state index contributed by atoms with van der Waals surface area (Å²) in [5, 5.41) is 3.72. The summed E-state index contributed by atoms with van der Waals surface area (Å²) in [5.74, 6) is -0.146. The highest BCUT2D eigenvalue weighted by Gasteiger charge is 2.36. The van der Waals surface area contributed by atoms with Crippen molar-refractivity contribution in [2.75, 3.05) is 14.1 Å². The Morgan fingerprint density at radius 2 is 1.81 bits per heavy atom. The number of hydrogen-bond donors (Lipinski definition) is 1. The van der Waals surface area contributed by atoms with Crippen molar-refractivity contribution < 1.29 is 14.3 Å². The smallest absolute Gasteiger partial charge is 0.410 e. The summed E-state index contributed by atoms with van der Waals surface area (Å²) in [6.07, 6.45) is 1.06. The van der Waals surface area contributed by atoms with Gasteiger partial charge in [-0.1, -0.05) is 41.4 Å². The molecule has 166 valence electrons. The van der Waals surface area contributed by atoms with Crippen LogP contribution in [0.4, 0.5) is 4.79 Å². The monoisotopic (exact) mass is 462 g/mol. The van der Waals surface area contributed by atoms with Crippen molar-refractivity contribution in [2.24, 2.45) is 0 Å². The Kier molecular flexibility index (Phi) is 6.87. The maximum absolute atomic E-state index is 12.8. The molecule has 2 amide bonds. The molecule has 1 aliphatic rings. The molecule has 0 spiro atoms. The van der Waals surface area contributed by atoms with Gasteiger partial charge in [-0.05, 0) is 68.5 Å². The number of halogens is 2. The molecule has 0 fully saturated rings. The molecular weight excluding hydrogens is 435 g/mol. The van der Waals surface area contributed by atoms with Crippen molar-refractivity contribution in [3.63, 3.8) is 0 Å². The molecule has 0 unspecified atom stereocenters. The molecule has 1 N–H and O–H groups in total. The lowest BCUT2D eigenvalue weighted by molar-refractivity contribution is 0.0201. The summed E-state index contributed by atoms with van der Waals surface area (Å²) >= 11 is 12.4. The van der Waals surface area contributed by atoms with Gasteiger partial charge in [0, 0.05) is 25.6 Å². The molecule has 2 aromatic carbocycles. The fourth-order valence-electron chi connectivity index (χ4n) is 4.14. The Morgan fingerprint density at radius 1 is 1.10 bits per heavy atom. The predicted molar refractivity (Wildman–Crippen MR) is 124 cm³/mol. The van der Waals surface area contributed by atoms with Gasteiger partial charge in [-0.3, -0.25) is 4.79 Å². The van der Waals surface area contributed by atoms with Crippen molar-refractivity contribution >= 4 is 35.2 Å². The number of ether oxygens (including phenoxy) is 1. The molecule has 0 aromatic heterocycles. The zero-order valence-corrected chi connectivity index (χ0v) is 20.0. The Balaban J connectivity index is 2.10. The quantitative estimate of drug-likeness (QED) is 0.591. The number of amides is 2. The summed E-state index contributed by atoms with van der Waals surface area (Å²) < 4.78 is 5.59. The van der Waals surface area contributed by atoms with Gasteiger partial charge in [0.1, 0.15) is 5.60 Å². The molecule has 0 aliphatic heterocycles. The maximum Gasteiger partial charge on any atom is 0.410 e. The average Bonchev–Trinajstić information content (AvgIpc) is 2.72. The standard InChI is InChI=1S/C24H28Cl2N2O3/c1-24(2,3)31-23(30)28(5)20-12-10-15(14-9-11-18(25)19(26)13-14)16-7-6-8-17(21(16)20)22(29)27-4/h6-9,11,13,15,20H,10,12H2,1-5H3,(H,27,29)/t15-,20-/m0/s1. The van der Waals surface area contributed by atoms with E-state index in [0.29, 0.717) is 22.0 Å². The van der Waals surface area contributed by atoms with E-state index in [9.17, 15) is 9.59 Å². The Morgan fingerprint density at radius 3 is 2.42 bits per heavy atom. The predicted octanol–water partition coefficient (Wildman–Crippen LogP) is 6.19. The van der Waals surface area contributed by atoms with E-state index >= 15 is 0 Å². The van der Waals surface area contributed by atoms with Crippen molar-refractivity contribution in [2.45, 2.75) is 51.2 Å². The molecule has 7 heteroatoms. The molecule has 0 saturated carbocycles. The summed E-state index contributed by atoms with van der Waals surface area (Å²) in [4.78, 5) is 27.1. The van der Waals surface area contributed by atoms with Crippen molar-refractivity contribution in [3.8, 4) is 0 Å². The van der Waals surface area contributed by atoms with Crippen LogP contribution < -0.4 is 5.32 Å². The first-order valence-electron chi connectivity index (χ1n) is 10.3. The summed E-state index contributed by atoms with van der Waals surface area (Å²) in [7, 11) is 3.33. The highest BCUT2D eigenvalue weighted by atomic mass is 35.5. The van der Waals surface area contributed by atoms with Gasteiger partial charge in [0.15, 0.2) is 0 Å². The zero-order valence-electron chi connectivity index (χ0n) is 18.5. The normalized spacial score (nSPS) is 18.2. The number of fused-ring (bicyclic) bond motifs is 1. The van der Waals surface area contributed by atoms with E-state index in [-0.39, 0.29) is 17.9 Å². The van der Waals surface area contributed by atoms with Gasteiger partial charge >= 0.3 is 6.09 Å². The third-order valence-electron chi connectivity index (χ3n) is 5.54. The number of carbonyl (C=O) groups is 2. The minimum absolute atomic E-state index is 0.0395. The van der Waals surface area contributed by atoms with Crippen LogP contribution >= 0.6 is 23.2 Å². The molecule has 0 saturated heterocycles. The molecule has 3 rings (SSSR count). The van der Waals surface area contributed by atoms with Gasteiger partial charge in [-0.2, -0.15) is 0 Å². The van der Waals surface area contributed by atoms with E-state index < -0.39 is 11.7 Å². The summed E-state index contributed by atoms with van der Waals surface area (Å²) in [6.45, 7) is 5.51. The summed E-state index contributed by atoms with van der Waals surface area (Å²) in [5.41, 5.74) is 2.84. The van der Waals surface area contributed by atoms with E-state index in [2.05, 4.69) is 5.32 Å². The largest absolute Gasteiger partial charge is 0.444 e. The molecule has 0 radical (unpaired) electrons. The van der Waals surface area contributed by atoms with E-state index in [1.54, 1.807) is 31.1 Å². The minimum atomic E-state index is -0.605. The lowest BCUT2D eigenvalue weighted by Crippen LogP contribution is -2.39. The van der Waals surface area contributed by atoms with Gasteiger partial charge in [-0.15, -0.1) is 0 Å². The number of hydrogen-bond acceptors (Lipinski definition) is 3. The third-order valence-corrected chi connectivity index (χ3v) is 6.28. The first-order chi connectivity index (χ1) is 14.5. The number of rotatable bonds is 3. The van der Waals surface area contributed by atoms with Crippen LogP contribution in [-0.4, -0.2) is 36.6 Å². The topological polar surface area (TPSA) is 58.6 Å². The SMILES string of the molecule is CNC(=O)c1cccc2c1[C@@H](N(C)C(=O)OC(C)(C)C)CC[C@H]2c1ccc(Cl)c(Cl)c1. The molecule has 2 atom stereocenters. The van der Waals surface area contributed by atoms with Crippen LogP contribution in [0.25, 0.3) is 0 Å². The van der Waals surface area contributed by atoms with Gasteiger partial charge < -0.3 is 15.0 Å². The van der Waals surface area contributed by atoms with Crippen LogP contribution in [0.2, 0.25) is 10.0 Å². The zero-order chi connectivity index (χ0) is 22.9. The van der Waals surface area contributed by atoms with E-state index in [0.717, 1.165) is 23.1 Å². The second-order valence-electron chi connectivity index (χ2n) is 8.80. The van der Waals surface area contributed by atoms with E-state index in [1.165, 1.54) is 0 Å². The van der Waals surface area contributed by atoms with Gasteiger partial charge in [-0.25, -0.2) is 4.79 Å². The maximum atomic E-state index is 12.8. The number of nitrogens with zero attached hydrogens (tertiary/aromatic N) is 1. The third kappa shape index (κ3) is 4.99. The fraction of sp³-hybridized carbons (Fsp3) is 0.417. The van der Waals surface area contributed by atoms with Crippen LogP contribution in [0.3, 0.4) is 0 Å². The van der Waals surface area contributed by atoms with Crippen LogP contribution in [0, 0.1) is 0 Å². The lowest BCUT2D eigenvalue weighted by atomic mass is 9.74. The molecule has 1 aliphatic carbocycles. The van der Waals surface area contributed by atoms with Crippen molar-refractivity contribution in [3.05, 3.63) is 68.7 Å². The molecule has 5 nitrogen and oxygen atoms in total. The Labute approximate surface area is 193 Å². The van der Waals surface area contributed by atoms with E-state index in [1.807, 2.05) is 45.0 Å². The number of nitrogens with one attached hydrogen (secondary N) is 1. The van der Waals surface area contributed by atoms with Crippen LogP contribution in [-0.2, 0) is 4.74 Å². The van der Waals surface area contributed by atoms with Crippen LogP contribution in [0.1, 0.15) is 72.6 Å². The second-order valence-corrected chi connectivity index (χ2v) is 9.61. The van der Waals surface area contributed by atoms with Gasteiger partial charge in [0.25, 0.3) is 5.91 Å². The first kappa shape index (κ1) is 23.4. The highest BCUT2D eigenvalue weighted by Crippen LogP contribution is 2.45. The van der Waals surface area contributed by atoms with Gasteiger partial charge in [0.05, 0.1) is 16.1 Å². The Bertz CT molecular complexity index is 1000. The van der Waals surface area contributed by atoms with E-state index in [4.69, 9.17) is 27.9 Å². The van der Waals surface area contributed by atoms with Crippen molar-refractivity contribution in [1.29, 1.82) is 0 Å². The lowest BCUT2D eigenvalue weighted by Gasteiger charge is -2.38. The molecule has 31 heavy (non-hydrogen) atoms. The molecule has 0 heterocycles. The molecule has 0 bridgehead atoms. The highest BCUT2D eigenvalue weighted by molar-refractivity contribution is 6.42. The molecular formula is C24H28Cl2N2O3. The van der Waals surface area contributed by atoms with Gasteiger partial charge in [0.2, 0.25) is 0 Å². The van der Waals surface area contributed by atoms with Crippen molar-refractivity contribution in [1.82, 2.24) is 10.2 Å². The summed E-state index contributed by atoms with van der Waals surface area (Å²) in [6, 6.07) is 11.0. The first-order valence-corrected chi connectivity index (χ1v) is 11.0. The second kappa shape index (κ2) is 9.09. The molecule has 2 aromatic rings. The average molecular weight is 463 g/mol. The minimum Gasteiger partial charge on any atom is -0.444 e. The number of carbonyl (C=O) groups excluding carboxylic acids is 2. The Hall–Kier alpha value is -2.24. The van der Waals surface area contributed by atoms with Crippen LogP contribution in [0.5, 0.6) is 0 Å². The number of benzene rings is 2. The fourth-order valence-corrected chi connectivity index (χ4v) is 4.45. The van der Waals surface area contributed by atoms with Crippen LogP contribution in [0.15, 0.2) is 36.4 Å².